The molecule has 0 saturated heterocycles. The largest absolute Gasteiger partial charge is 0.369 e. The van der Waals surface area contributed by atoms with Crippen LogP contribution in [-0.2, 0) is 16.6 Å². The van der Waals surface area contributed by atoms with Crippen molar-refractivity contribution in [3.8, 4) is 0 Å². The van der Waals surface area contributed by atoms with Crippen LogP contribution >= 0.6 is 0 Å². The third-order valence-electron chi connectivity index (χ3n) is 2.90. The molecule has 3 rings (SSSR count). The van der Waals surface area contributed by atoms with Crippen LogP contribution in [0.3, 0.4) is 0 Å². The van der Waals surface area contributed by atoms with Crippen molar-refractivity contribution >= 4 is 32.4 Å². The number of nitrogens with zero attached hydrogens (tertiary/aromatic N) is 2. The lowest BCUT2D eigenvalue weighted by Crippen LogP contribution is -2.20. The van der Waals surface area contributed by atoms with E-state index in [1.807, 2.05) is 0 Å². The standard InChI is InChI=1S/C11H12N4O3S/c1-19(17,18)14-7-2-3-9-8(6-7)10-12-4-5-15(10)11(16)13-9/h2-3,6,12,14H,4-5H2,1H3. The molecular weight excluding hydrogens is 268 g/mol. The quantitative estimate of drug-likeness (QED) is 0.819. The molecule has 2 N–H and O–H groups in total. The number of fused-ring (bicyclic) bond motifs is 3. The molecule has 0 bridgehead atoms. The van der Waals surface area contributed by atoms with Gasteiger partial charge in [0.2, 0.25) is 10.0 Å². The highest BCUT2D eigenvalue weighted by atomic mass is 32.2. The van der Waals surface area contributed by atoms with E-state index in [9.17, 15) is 13.2 Å². The van der Waals surface area contributed by atoms with Crippen LogP contribution in [-0.4, -0.2) is 30.8 Å². The number of nitrogens with one attached hydrogen (secondary N) is 2. The first kappa shape index (κ1) is 12.0. The molecule has 1 aliphatic rings. The molecule has 0 spiro atoms. The van der Waals surface area contributed by atoms with E-state index >= 15 is 0 Å². The Morgan fingerprint density at radius 2 is 2.21 bits per heavy atom. The summed E-state index contributed by atoms with van der Waals surface area (Å²) in [6.07, 6.45) is 1.09. The molecule has 1 aliphatic heterocycles. The summed E-state index contributed by atoms with van der Waals surface area (Å²) in [5.41, 5.74) is 0.702. The predicted octanol–water partition coefficient (Wildman–Crippen LogP) is 0.193. The molecule has 0 atom stereocenters. The van der Waals surface area contributed by atoms with Gasteiger partial charge in [0.25, 0.3) is 0 Å². The van der Waals surface area contributed by atoms with Gasteiger partial charge in [0.1, 0.15) is 5.82 Å². The first-order valence-corrected chi connectivity index (χ1v) is 7.59. The Bertz CT molecular complexity index is 826. The molecule has 0 saturated carbocycles. The molecule has 8 heteroatoms. The third kappa shape index (κ3) is 2.14. The van der Waals surface area contributed by atoms with Gasteiger partial charge in [0.05, 0.1) is 11.8 Å². The van der Waals surface area contributed by atoms with Gasteiger partial charge >= 0.3 is 5.69 Å². The fraction of sp³-hybridized carbons (Fsp3) is 0.273. The second-order valence-corrected chi connectivity index (χ2v) is 6.18. The summed E-state index contributed by atoms with van der Waals surface area (Å²) in [7, 11) is -3.33. The maximum Gasteiger partial charge on any atom is 0.349 e. The van der Waals surface area contributed by atoms with Crippen molar-refractivity contribution in [1.82, 2.24) is 9.55 Å². The molecular formula is C11H12N4O3S. The van der Waals surface area contributed by atoms with Crippen LogP contribution in [0.1, 0.15) is 0 Å². The average molecular weight is 280 g/mol. The van der Waals surface area contributed by atoms with E-state index in [2.05, 4.69) is 15.0 Å². The minimum Gasteiger partial charge on any atom is -0.369 e. The van der Waals surface area contributed by atoms with Gasteiger partial charge in [-0.25, -0.2) is 13.2 Å². The molecule has 0 radical (unpaired) electrons. The summed E-state index contributed by atoms with van der Waals surface area (Å²) >= 11 is 0. The van der Waals surface area contributed by atoms with Gasteiger partial charge in [-0.1, -0.05) is 0 Å². The number of hydrogen-bond donors (Lipinski definition) is 2. The lowest BCUT2D eigenvalue weighted by molar-refractivity contribution is 0.607. The van der Waals surface area contributed by atoms with Gasteiger partial charge in [0.15, 0.2) is 0 Å². The SMILES string of the molecule is CS(=O)(=O)Nc1ccc2nc(=O)n3c(c2c1)NCC3. The van der Waals surface area contributed by atoms with Gasteiger partial charge in [-0.3, -0.25) is 9.29 Å². The zero-order valence-corrected chi connectivity index (χ0v) is 11.0. The van der Waals surface area contributed by atoms with Crippen LogP contribution in [0.4, 0.5) is 11.5 Å². The molecule has 2 heterocycles. The smallest absolute Gasteiger partial charge is 0.349 e. The molecule has 1 aromatic carbocycles. The van der Waals surface area contributed by atoms with E-state index in [1.54, 1.807) is 22.8 Å². The number of anilines is 2. The van der Waals surface area contributed by atoms with Crippen molar-refractivity contribution in [2.24, 2.45) is 0 Å². The summed E-state index contributed by atoms with van der Waals surface area (Å²) in [5, 5.41) is 3.85. The monoisotopic (exact) mass is 280 g/mol. The number of sulfonamides is 1. The Balaban J connectivity index is 2.23. The Labute approximate surface area is 109 Å². The van der Waals surface area contributed by atoms with Crippen molar-refractivity contribution in [1.29, 1.82) is 0 Å². The fourth-order valence-corrected chi connectivity index (χ4v) is 2.74. The highest BCUT2D eigenvalue weighted by Gasteiger charge is 2.16. The first-order chi connectivity index (χ1) is 8.94. The Morgan fingerprint density at radius 3 is 2.95 bits per heavy atom. The summed E-state index contributed by atoms with van der Waals surface area (Å²) in [6, 6.07) is 4.89. The van der Waals surface area contributed by atoms with Gasteiger partial charge in [-0.15, -0.1) is 0 Å². The lowest BCUT2D eigenvalue weighted by Gasteiger charge is -2.08. The van der Waals surface area contributed by atoms with E-state index < -0.39 is 10.0 Å². The van der Waals surface area contributed by atoms with Crippen molar-refractivity contribution in [2.75, 3.05) is 22.8 Å². The number of aromatic nitrogens is 2. The first-order valence-electron chi connectivity index (χ1n) is 5.70. The fourth-order valence-electron chi connectivity index (χ4n) is 2.19. The minimum atomic E-state index is -3.33. The average Bonchev–Trinajstić information content (AvgIpc) is 2.78. The van der Waals surface area contributed by atoms with Crippen molar-refractivity contribution < 1.29 is 8.42 Å². The van der Waals surface area contributed by atoms with Crippen molar-refractivity contribution in [3.63, 3.8) is 0 Å². The van der Waals surface area contributed by atoms with E-state index in [4.69, 9.17) is 0 Å². The van der Waals surface area contributed by atoms with Crippen LogP contribution in [0.2, 0.25) is 0 Å². The Kier molecular flexibility index (Phi) is 2.49. The lowest BCUT2D eigenvalue weighted by atomic mass is 10.2. The predicted molar refractivity (Wildman–Crippen MR) is 73.0 cm³/mol. The van der Waals surface area contributed by atoms with Crippen LogP contribution < -0.4 is 15.7 Å². The van der Waals surface area contributed by atoms with Crippen LogP contribution in [0.15, 0.2) is 23.0 Å². The molecule has 7 nitrogen and oxygen atoms in total. The van der Waals surface area contributed by atoms with Gasteiger partial charge in [0, 0.05) is 24.2 Å². The van der Waals surface area contributed by atoms with E-state index in [0.717, 1.165) is 11.6 Å². The maximum atomic E-state index is 11.7. The van der Waals surface area contributed by atoms with E-state index in [0.29, 0.717) is 30.1 Å². The van der Waals surface area contributed by atoms with Crippen LogP contribution in [0, 0.1) is 0 Å². The zero-order chi connectivity index (χ0) is 13.6. The highest BCUT2D eigenvalue weighted by molar-refractivity contribution is 7.92. The topological polar surface area (TPSA) is 93.1 Å². The molecule has 19 heavy (non-hydrogen) atoms. The van der Waals surface area contributed by atoms with Gasteiger partial charge < -0.3 is 5.32 Å². The molecule has 2 aromatic rings. The van der Waals surface area contributed by atoms with E-state index in [1.165, 1.54) is 0 Å². The van der Waals surface area contributed by atoms with Crippen LogP contribution in [0.5, 0.6) is 0 Å². The van der Waals surface area contributed by atoms with Gasteiger partial charge in [-0.2, -0.15) is 4.98 Å². The summed E-state index contributed by atoms with van der Waals surface area (Å²) in [5.74, 6) is 0.687. The maximum absolute atomic E-state index is 11.7. The number of benzene rings is 1. The number of rotatable bonds is 2. The molecule has 0 amide bonds. The molecule has 0 unspecified atom stereocenters. The molecule has 1 aromatic heterocycles. The Morgan fingerprint density at radius 1 is 1.42 bits per heavy atom. The summed E-state index contributed by atoms with van der Waals surface area (Å²) in [6.45, 7) is 1.24. The summed E-state index contributed by atoms with van der Waals surface area (Å²) < 4.78 is 26.4. The minimum absolute atomic E-state index is 0.295. The Hall–Kier alpha value is -2.09. The molecule has 100 valence electrons. The third-order valence-corrected chi connectivity index (χ3v) is 3.51. The van der Waals surface area contributed by atoms with Crippen molar-refractivity contribution in [3.05, 3.63) is 28.7 Å². The highest BCUT2D eigenvalue weighted by Crippen LogP contribution is 2.26. The molecule has 0 fully saturated rings. The van der Waals surface area contributed by atoms with Crippen molar-refractivity contribution in [2.45, 2.75) is 6.54 Å². The molecule has 0 aliphatic carbocycles. The zero-order valence-electron chi connectivity index (χ0n) is 10.2. The van der Waals surface area contributed by atoms with E-state index in [-0.39, 0.29) is 5.69 Å². The summed E-state index contributed by atoms with van der Waals surface area (Å²) in [4.78, 5) is 15.7. The second kappa shape index (κ2) is 3.95. The van der Waals surface area contributed by atoms with Gasteiger partial charge in [-0.05, 0) is 18.2 Å². The second-order valence-electron chi connectivity index (χ2n) is 4.43. The normalized spacial score (nSPS) is 14.2. The van der Waals surface area contributed by atoms with Crippen LogP contribution in [0.25, 0.3) is 10.9 Å². The number of hydrogen-bond acceptors (Lipinski definition) is 5.